The first-order valence-electron chi connectivity index (χ1n) is 7.22. The summed E-state index contributed by atoms with van der Waals surface area (Å²) in [6.07, 6.45) is 0. The molecule has 0 radical (unpaired) electrons. The van der Waals surface area contributed by atoms with Crippen LogP contribution in [0, 0.1) is 13.8 Å². The highest BCUT2D eigenvalue weighted by Crippen LogP contribution is 2.11. The van der Waals surface area contributed by atoms with Gasteiger partial charge in [-0.25, -0.2) is 0 Å². The van der Waals surface area contributed by atoms with Gasteiger partial charge in [-0.3, -0.25) is 9.48 Å². The fourth-order valence-corrected chi connectivity index (χ4v) is 2.52. The fourth-order valence-electron chi connectivity index (χ4n) is 2.25. The lowest BCUT2D eigenvalue weighted by Crippen LogP contribution is -2.31. The molecule has 1 aromatic carbocycles. The normalized spacial score (nSPS) is 10.7. The standard InChI is InChI=1S/C16H21BrN4O/c1-11-15(12(2)21(3)20-11)10-18-8-9-19-16(22)13-4-6-14(17)7-5-13/h4-7,18H,8-10H2,1-3H3,(H,19,22). The molecular weight excluding hydrogens is 344 g/mol. The first-order chi connectivity index (χ1) is 10.5. The molecule has 1 heterocycles. The molecule has 2 aromatic rings. The average Bonchev–Trinajstić information content (AvgIpc) is 2.73. The highest BCUT2D eigenvalue weighted by molar-refractivity contribution is 9.10. The largest absolute Gasteiger partial charge is 0.351 e. The molecule has 0 fully saturated rings. The van der Waals surface area contributed by atoms with Crippen molar-refractivity contribution in [1.29, 1.82) is 0 Å². The van der Waals surface area contributed by atoms with Crippen LogP contribution in [0.15, 0.2) is 28.7 Å². The van der Waals surface area contributed by atoms with Crippen molar-refractivity contribution in [2.75, 3.05) is 13.1 Å². The van der Waals surface area contributed by atoms with Gasteiger partial charge in [0.25, 0.3) is 5.91 Å². The van der Waals surface area contributed by atoms with Gasteiger partial charge in [-0.1, -0.05) is 15.9 Å². The molecule has 2 rings (SSSR count). The van der Waals surface area contributed by atoms with Crippen LogP contribution in [0.2, 0.25) is 0 Å². The molecule has 2 N–H and O–H groups in total. The topological polar surface area (TPSA) is 59.0 Å². The molecule has 0 unspecified atom stereocenters. The van der Waals surface area contributed by atoms with Crippen LogP contribution in [-0.2, 0) is 13.6 Å². The van der Waals surface area contributed by atoms with Crippen molar-refractivity contribution in [1.82, 2.24) is 20.4 Å². The highest BCUT2D eigenvalue weighted by atomic mass is 79.9. The summed E-state index contributed by atoms with van der Waals surface area (Å²) >= 11 is 3.35. The van der Waals surface area contributed by atoms with Crippen molar-refractivity contribution >= 4 is 21.8 Å². The molecule has 22 heavy (non-hydrogen) atoms. The molecule has 0 aliphatic heterocycles. The molecule has 0 saturated heterocycles. The quantitative estimate of drug-likeness (QED) is 0.773. The van der Waals surface area contributed by atoms with Crippen LogP contribution in [0.5, 0.6) is 0 Å². The zero-order valence-electron chi connectivity index (χ0n) is 13.1. The van der Waals surface area contributed by atoms with Gasteiger partial charge in [-0.05, 0) is 38.1 Å². The van der Waals surface area contributed by atoms with Crippen molar-refractivity contribution in [3.8, 4) is 0 Å². The average molecular weight is 365 g/mol. The number of hydrogen-bond acceptors (Lipinski definition) is 3. The predicted molar refractivity (Wildman–Crippen MR) is 90.9 cm³/mol. The predicted octanol–water partition coefficient (Wildman–Crippen LogP) is 2.32. The maximum absolute atomic E-state index is 11.9. The summed E-state index contributed by atoms with van der Waals surface area (Å²) in [4.78, 5) is 11.9. The van der Waals surface area contributed by atoms with E-state index in [1.54, 1.807) is 12.1 Å². The van der Waals surface area contributed by atoms with Crippen LogP contribution >= 0.6 is 15.9 Å². The van der Waals surface area contributed by atoms with Gasteiger partial charge in [-0.15, -0.1) is 0 Å². The Morgan fingerprint density at radius 1 is 1.23 bits per heavy atom. The summed E-state index contributed by atoms with van der Waals surface area (Å²) < 4.78 is 2.86. The van der Waals surface area contributed by atoms with E-state index in [1.165, 1.54) is 11.3 Å². The lowest BCUT2D eigenvalue weighted by molar-refractivity contribution is 0.0954. The van der Waals surface area contributed by atoms with Gasteiger partial charge in [0.15, 0.2) is 0 Å². The second kappa shape index (κ2) is 7.56. The Hall–Kier alpha value is -1.66. The van der Waals surface area contributed by atoms with Crippen LogP contribution in [0.4, 0.5) is 0 Å². The SMILES string of the molecule is Cc1nn(C)c(C)c1CNCCNC(=O)c1ccc(Br)cc1. The molecule has 5 nitrogen and oxygen atoms in total. The Balaban J connectivity index is 1.73. The summed E-state index contributed by atoms with van der Waals surface area (Å²) in [5.41, 5.74) is 4.11. The van der Waals surface area contributed by atoms with E-state index < -0.39 is 0 Å². The van der Waals surface area contributed by atoms with Gasteiger partial charge in [0, 0.05) is 48.0 Å². The zero-order chi connectivity index (χ0) is 16.1. The van der Waals surface area contributed by atoms with E-state index >= 15 is 0 Å². The van der Waals surface area contributed by atoms with Crippen molar-refractivity contribution in [3.63, 3.8) is 0 Å². The van der Waals surface area contributed by atoms with Crippen molar-refractivity contribution in [3.05, 3.63) is 51.3 Å². The minimum absolute atomic E-state index is 0.0527. The Labute approximate surface area is 139 Å². The van der Waals surface area contributed by atoms with Crippen LogP contribution in [0.25, 0.3) is 0 Å². The molecule has 118 valence electrons. The minimum atomic E-state index is -0.0527. The van der Waals surface area contributed by atoms with E-state index in [0.29, 0.717) is 12.1 Å². The number of halogens is 1. The van der Waals surface area contributed by atoms with Crippen LogP contribution in [0.1, 0.15) is 27.3 Å². The number of amides is 1. The maximum atomic E-state index is 11.9. The van der Waals surface area contributed by atoms with Gasteiger partial charge in [0.2, 0.25) is 0 Å². The number of nitrogens with zero attached hydrogens (tertiary/aromatic N) is 2. The number of rotatable bonds is 6. The third-order valence-corrected chi connectivity index (χ3v) is 4.18. The van der Waals surface area contributed by atoms with E-state index in [1.807, 2.05) is 30.8 Å². The maximum Gasteiger partial charge on any atom is 0.251 e. The molecule has 6 heteroatoms. The number of carbonyl (C=O) groups excluding carboxylic acids is 1. The highest BCUT2D eigenvalue weighted by Gasteiger charge is 2.08. The number of aromatic nitrogens is 2. The lowest BCUT2D eigenvalue weighted by Gasteiger charge is -2.07. The van der Waals surface area contributed by atoms with E-state index in [9.17, 15) is 4.79 Å². The first-order valence-corrected chi connectivity index (χ1v) is 8.02. The number of carbonyl (C=O) groups is 1. The van der Waals surface area contributed by atoms with Crippen molar-refractivity contribution < 1.29 is 4.79 Å². The Kier molecular flexibility index (Phi) is 5.74. The van der Waals surface area contributed by atoms with Gasteiger partial charge in [0.05, 0.1) is 5.69 Å². The summed E-state index contributed by atoms with van der Waals surface area (Å²) in [6.45, 7) is 6.15. The van der Waals surface area contributed by atoms with Crippen LogP contribution in [-0.4, -0.2) is 28.8 Å². The molecule has 0 saturated carbocycles. The number of nitrogens with one attached hydrogen (secondary N) is 2. The van der Waals surface area contributed by atoms with Crippen LogP contribution < -0.4 is 10.6 Å². The van der Waals surface area contributed by atoms with E-state index in [0.717, 1.165) is 23.3 Å². The van der Waals surface area contributed by atoms with E-state index in [-0.39, 0.29) is 5.91 Å². The summed E-state index contributed by atoms with van der Waals surface area (Å²) in [7, 11) is 1.95. The minimum Gasteiger partial charge on any atom is -0.351 e. The third kappa shape index (κ3) is 4.18. The third-order valence-electron chi connectivity index (χ3n) is 3.65. The lowest BCUT2D eigenvalue weighted by atomic mass is 10.2. The Bertz CT molecular complexity index is 649. The van der Waals surface area contributed by atoms with Gasteiger partial charge >= 0.3 is 0 Å². The molecule has 0 spiro atoms. The zero-order valence-corrected chi connectivity index (χ0v) is 14.7. The second-order valence-corrected chi connectivity index (χ2v) is 6.13. The molecule has 0 atom stereocenters. The summed E-state index contributed by atoms with van der Waals surface area (Å²) in [5.74, 6) is -0.0527. The van der Waals surface area contributed by atoms with Gasteiger partial charge in [0.1, 0.15) is 0 Å². The van der Waals surface area contributed by atoms with Gasteiger partial charge < -0.3 is 10.6 Å². The molecule has 1 amide bonds. The molecular formula is C16H21BrN4O. The second-order valence-electron chi connectivity index (χ2n) is 5.21. The molecule has 0 aliphatic carbocycles. The summed E-state index contributed by atoms with van der Waals surface area (Å²) in [5, 5.41) is 10.6. The fraction of sp³-hybridized carbons (Fsp3) is 0.375. The van der Waals surface area contributed by atoms with Crippen molar-refractivity contribution in [2.45, 2.75) is 20.4 Å². The van der Waals surface area contributed by atoms with E-state index in [4.69, 9.17) is 0 Å². The Morgan fingerprint density at radius 3 is 2.50 bits per heavy atom. The Morgan fingerprint density at radius 2 is 1.91 bits per heavy atom. The van der Waals surface area contributed by atoms with Crippen molar-refractivity contribution in [2.24, 2.45) is 7.05 Å². The smallest absolute Gasteiger partial charge is 0.251 e. The summed E-state index contributed by atoms with van der Waals surface area (Å²) in [6, 6.07) is 7.33. The van der Waals surface area contributed by atoms with Crippen LogP contribution in [0.3, 0.4) is 0 Å². The molecule has 0 bridgehead atoms. The molecule has 1 aromatic heterocycles. The van der Waals surface area contributed by atoms with E-state index in [2.05, 4.69) is 38.6 Å². The van der Waals surface area contributed by atoms with Gasteiger partial charge in [-0.2, -0.15) is 5.10 Å². The number of benzene rings is 1. The first kappa shape index (κ1) is 16.7. The monoisotopic (exact) mass is 364 g/mol. The number of aryl methyl sites for hydroxylation is 2. The molecule has 0 aliphatic rings. The number of hydrogen-bond donors (Lipinski definition) is 2.